The molecule has 114 valence electrons. The Bertz CT molecular complexity index is 1040. The SMILES string of the molecule is Cc1c(C=Nc2cccc3nsnc23)c(O)n(C)c(=O)c1C#N. The van der Waals surface area contributed by atoms with Gasteiger partial charge < -0.3 is 5.11 Å². The van der Waals surface area contributed by atoms with Crippen molar-refractivity contribution in [1.82, 2.24) is 13.3 Å². The van der Waals surface area contributed by atoms with Gasteiger partial charge in [-0.25, -0.2) is 0 Å². The lowest BCUT2D eigenvalue weighted by atomic mass is 10.1. The summed E-state index contributed by atoms with van der Waals surface area (Å²) in [5.74, 6) is -0.237. The van der Waals surface area contributed by atoms with Gasteiger partial charge in [0, 0.05) is 13.3 Å². The van der Waals surface area contributed by atoms with Gasteiger partial charge in [-0.2, -0.15) is 14.0 Å². The molecule has 0 amide bonds. The molecule has 0 unspecified atom stereocenters. The molecule has 1 N–H and O–H groups in total. The highest BCUT2D eigenvalue weighted by Gasteiger charge is 2.15. The van der Waals surface area contributed by atoms with E-state index in [-0.39, 0.29) is 11.4 Å². The van der Waals surface area contributed by atoms with E-state index in [1.807, 2.05) is 18.2 Å². The molecular weight excluding hydrogens is 314 g/mol. The Hall–Kier alpha value is -3.05. The predicted octanol–water partition coefficient (Wildman–Crippen LogP) is 2.03. The van der Waals surface area contributed by atoms with Crippen LogP contribution in [-0.4, -0.2) is 24.6 Å². The Morgan fingerprint density at radius 3 is 2.96 bits per heavy atom. The van der Waals surface area contributed by atoms with E-state index in [0.29, 0.717) is 22.3 Å². The first kappa shape index (κ1) is 14.9. The number of benzene rings is 1. The second kappa shape index (κ2) is 5.62. The summed E-state index contributed by atoms with van der Waals surface area (Å²) in [5, 5.41) is 19.3. The van der Waals surface area contributed by atoms with E-state index >= 15 is 0 Å². The largest absolute Gasteiger partial charge is 0.494 e. The van der Waals surface area contributed by atoms with Crippen molar-refractivity contribution < 1.29 is 5.11 Å². The summed E-state index contributed by atoms with van der Waals surface area (Å²) in [4.78, 5) is 16.3. The highest BCUT2D eigenvalue weighted by atomic mass is 32.1. The van der Waals surface area contributed by atoms with E-state index in [1.165, 1.54) is 13.3 Å². The first-order chi connectivity index (χ1) is 11.0. The lowest BCUT2D eigenvalue weighted by Gasteiger charge is -2.09. The summed E-state index contributed by atoms with van der Waals surface area (Å²) in [5.41, 5.74) is 2.16. The Labute approximate surface area is 135 Å². The maximum atomic E-state index is 11.9. The summed E-state index contributed by atoms with van der Waals surface area (Å²) in [6.07, 6.45) is 1.43. The molecule has 0 fully saturated rings. The van der Waals surface area contributed by atoms with Crippen LogP contribution in [-0.2, 0) is 7.05 Å². The van der Waals surface area contributed by atoms with Gasteiger partial charge in [0.2, 0.25) is 5.88 Å². The zero-order valence-corrected chi connectivity index (χ0v) is 13.1. The number of rotatable bonds is 2. The van der Waals surface area contributed by atoms with Gasteiger partial charge in [0.1, 0.15) is 22.7 Å². The number of pyridine rings is 1. The van der Waals surface area contributed by atoms with Crippen LogP contribution in [0.3, 0.4) is 0 Å². The zero-order valence-electron chi connectivity index (χ0n) is 12.3. The molecule has 2 heterocycles. The summed E-state index contributed by atoms with van der Waals surface area (Å²) < 4.78 is 9.35. The van der Waals surface area contributed by atoms with Crippen LogP contribution >= 0.6 is 11.7 Å². The van der Waals surface area contributed by atoms with E-state index < -0.39 is 5.56 Å². The quantitative estimate of drug-likeness (QED) is 0.726. The fraction of sp³-hybridized carbons (Fsp3) is 0.133. The van der Waals surface area contributed by atoms with Crippen molar-refractivity contribution in [1.29, 1.82) is 5.26 Å². The Morgan fingerprint density at radius 1 is 1.43 bits per heavy atom. The van der Waals surface area contributed by atoms with Gasteiger partial charge >= 0.3 is 0 Å². The van der Waals surface area contributed by atoms with E-state index in [9.17, 15) is 9.90 Å². The highest BCUT2D eigenvalue weighted by molar-refractivity contribution is 7.00. The molecule has 0 aliphatic carbocycles. The highest BCUT2D eigenvalue weighted by Crippen LogP contribution is 2.25. The number of aliphatic imine (C=N–C) groups is 1. The van der Waals surface area contributed by atoms with Gasteiger partial charge in [-0.15, -0.1) is 0 Å². The van der Waals surface area contributed by atoms with Crippen LogP contribution in [0.15, 0.2) is 28.0 Å². The lowest BCUT2D eigenvalue weighted by molar-refractivity contribution is 0.421. The number of hydrogen-bond acceptors (Lipinski definition) is 7. The fourth-order valence-corrected chi connectivity index (χ4v) is 2.77. The second-order valence-corrected chi connectivity index (χ2v) is 5.41. The first-order valence-electron chi connectivity index (χ1n) is 6.62. The van der Waals surface area contributed by atoms with Crippen LogP contribution in [0.4, 0.5) is 5.69 Å². The number of fused-ring (bicyclic) bond motifs is 1. The molecule has 0 atom stereocenters. The molecule has 0 saturated carbocycles. The molecule has 0 radical (unpaired) electrons. The Balaban J connectivity index is 2.17. The van der Waals surface area contributed by atoms with Gasteiger partial charge in [-0.3, -0.25) is 14.4 Å². The Morgan fingerprint density at radius 2 is 2.22 bits per heavy atom. The average molecular weight is 325 g/mol. The predicted molar refractivity (Wildman–Crippen MR) is 87.5 cm³/mol. The normalized spacial score (nSPS) is 11.2. The maximum absolute atomic E-state index is 11.9. The van der Waals surface area contributed by atoms with E-state index in [0.717, 1.165) is 21.8 Å². The topological polar surface area (TPSA) is 104 Å². The van der Waals surface area contributed by atoms with Crippen molar-refractivity contribution in [2.24, 2.45) is 12.0 Å². The molecule has 0 aliphatic rings. The standard InChI is InChI=1S/C15H11N5O2S/c1-8-9(6-16)14(21)20(2)15(22)10(8)7-17-11-4-3-5-12-13(11)19-23-18-12/h3-5,7,22H,1-2H3. The van der Waals surface area contributed by atoms with Crippen LogP contribution in [0, 0.1) is 18.3 Å². The van der Waals surface area contributed by atoms with Crippen molar-refractivity contribution in [3.05, 3.63) is 45.2 Å². The van der Waals surface area contributed by atoms with Gasteiger partial charge in [0.15, 0.2) is 0 Å². The van der Waals surface area contributed by atoms with Crippen molar-refractivity contribution in [2.45, 2.75) is 6.92 Å². The van der Waals surface area contributed by atoms with Gasteiger partial charge in [-0.1, -0.05) is 6.07 Å². The number of aromatic nitrogens is 3. The Kier molecular flexibility index (Phi) is 3.64. The third-order valence-corrected chi connectivity index (χ3v) is 4.11. The molecular formula is C15H11N5O2S. The number of aromatic hydroxyl groups is 1. The average Bonchev–Trinajstić information content (AvgIpc) is 3.02. The minimum Gasteiger partial charge on any atom is -0.494 e. The molecule has 3 aromatic rings. The molecule has 0 aliphatic heterocycles. The van der Waals surface area contributed by atoms with Crippen molar-refractivity contribution in [3.63, 3.8) is 0 Å². The van der Waals surface area contributed by atoms with Crippen LogP contribution < -0.4 is 5.56 Å². The molecule has 8 heteroatoms. The molecule has 1 aromatic carbocycles. The minimum atomic E-state index is -0.537. The second-order valence-electron chi connectivity index (χ2n) is 4.88. The molecule has 7 nitrogen and oxygen atoms in total. The van der Waals surface area contributed by atoms with Crippen LogP contribution in [0.25, 0.3) is 11.0 Å². The number of hydrogen-bond donors (Lipinski definition) is 1. The van der Waals surface area contributed by atoms with Gasteiger partial charge in [-0.05, 0) is 24.6 Å². The van der Waals surface area contributed by atoms with Crippen molar-refractivity contribution in [2.75, 3.05) is 0 Å². The van der Waals surface area contributed by atoms with E-state index in [2.05, 4.69) is 13.7 Å². The van der Waals surface area contributed by atoms with E-state index in [4.69, 9.17) is 5.26 Å². The van der Waals surface area contributed by atoms with Crippen molar-refractivity contribution >= 4 is 34.7 Å². The minimum absolute atomic E-state index is 0.0136. The van der Waals surface area contributed by atoms with Crippen LogP contribution in [0.5, 0.6) is 5.88 Å². The number of nitrogens with zero attached hydrogens (tertiary/aromatic N) is 5. The number of nitriles is 1. The van der Waals surface area contributed by atoms with E-state index in [1.54, 1.807) is 13.0 Å². The van der Waals surface area contributed by atoms with Gasteiger partial charge in [0.25, 0.3) is 5.56 Å². The third kappa shape index (κ3) is 2.37. The maximum Gasteiger partial charge on any atom is 0.271 e. The molecule has 0 saturated heterocycles. The summed E-state index contributed by atoms with van der Waals surface area (Å²) in [6, 6.07) is 7.29. The molecule has 2 aromatic heterocycles. The van der Waals surface area contributed by atoms with Crippen LogP contribution in [0.2, 0.25) is 0 Å². The molecule has 0 spiro atoms. The fourth-order valence-electron chi connectivity index (χ4n) is 2.22. The first-order valence-corrected chi connectivity index (χ1v) is 7.35. The smallest absolute Gasteiger partial charge is 0.271 e. The third-order valence-electron chi connectivity index (χ3n) is 3.57. The zero-order chi connectivity index (χ0) is 16.6. The van der Waals surface area contributed by atoms with Crippen LogP contribution in [0.1, 0.15) is 16.7 Å². The molecule has 0 bridgehead atoms. The lowest BCUT2D eigenvalue weighted by Crippen LogP contribution is -2.22. The van der Waals surface area contributed by atoms with Crippen molar-refractivity contribution in [3.8, 4) is 11.9 Å². The monoisotopic (exact) mass is 325 g/mol. The van der Waals surface area contributed by atoms with Gasteiger partial charge in [0.05, 0.1) is 23.0 Å². The summed E-state index contributed by atoms with van der Waals surface area (Å²) in [7, 11) is 1.40. The summed E-state index contributed by atoms with van der Waals surface area (Å²) >= 11 is 1.09. The summed E-state index contributed by atoms with van der Waals surface area (Å²) in [6.45, 7) is 1.60. The molecule has 23 heavy (non-hydrogen) atoms. The molecule has 3 rings (SSSR count).